The fraction of sp³-hybridized carbons (Fsp3) is 0.600. The smallest absolute Gasteiger partial charge is 0.0438 e. The van der Waals surface area contributed by atoms with E-state index in [1.54, 1.807) is 0 Å². The van der Waals surface area contributed by atoms with Crippen molar-refractivity contribution < 1.29 is 0 Å². The zero-order valence-electron chi connectivity index (χ0n) is 11.0. The van der Waals surface area contributed by atoms with Crippen LogP contribution in [-0.4, -0.2) is 30.1 Å². The Balaban J connectivity index is 1.77. The van der Waals surface area contributed by atoms with Crippen LogP contribution in [0.15, 0.2) is 18.2 Å². The normalized spacial score (nSPS) is 28.3. The highest BCUT2D eigenvalue weighted by Crippen LogP contribution is 2.30. The zero-order chi connectivity index (χ0) is 12.5. The molecule has 2 nitrogen and oxygen atoms in total. The number of benzene rings is 1. The first-order valence-electron chi connectivity index (χ1n) is 6.95. The predicted molar refractivity (Wildman–Crippen MR) is 76.0 cm³/mol. The van der Waals surface area contributed by atoms with Gasteiger partial charge in [0.2, 0.25) is 0 Å². The summed E-state index contributed by atoms with van der Waals surface area (Å²) in [6.45, 7) is 5.44. The monoisotopic (exact) mass is 264 g/mol. The maximum atomic E-state index is 6.22. The number of aryl methyl sites for hydroxylation is 1. The van der Waals surface area contributed by atoms with Crippen LogP contribution in [0.25, 0.3) is 0 Å². The molecule has 0 aromatic heterocycles. The highest BCUT2D eigenvalue weighted by atomic mass is 35.5. The third-order valence-corrected chi connectivity index (χ3v) is 4.81. The Morgan fingerprint density at radius 2 is 2.11 bits per heavy atom. The number of rotatable bonds is 2. The van der Waals surface area contributed by atoms with Crippen LogP contribution in [0.5, 0.6) is 0 Å². The van der Waals surface area contributed by atoms with Crippen molar-refractivity contribution in [2.24, 2.45) is 0 Å². The molecule has 0 aliphatic carbocycles. The standard InChI is InChI=1S/C15H21ClN2/c1-11-2-3-12(8-15(11)16)10-18-13-4-5-14(18)9-17-7-6-13/h2-3,8,13-14,17H,4-7,9-10H2,1H3. The second-order valence-electron chi connectivity index (χ2n) is 5.63. The Bertz CT molecular complexity index is 419. The van der Waals surface area contributed by atoms with Crippen molar-refractivity contribution in [1.82, 2.24) is 10.2 Å². The number of halogens is 1. The summed E-state index contributed by atoms with van der Waals surface area (Å²) in [6.07, 6.45) is 4.00. The lowest BCUT2D eigenvalue weighted by molar-refractivity contribution is 0.193. The van der Waals surface area contributed by atoms with E-state index in [1.807, 2.05) is 0 Å². The molecule has 0 saturated carbocycles. The predicted octanol–water partition coefficient (Wildman–Crippen LogP) is 2.97. The maximum Gasteiger partial charge on any atom is 0.0438 e. The summed E-state index contributed by atoms with van der Waals surface area (Å²) in [5.74, 6) is 0. The Kier molecular flexibility index (Phi) is 3.60. The van der Waals surface area contributed by atoms with Crippen molar-refractivity contribution in [2.75, 3.05) is 13.1 Å². The Labute approximate surface area is 114 Å². The summed E-state index contributed by atoms with van der Waals surface area (Å²) in [4.78, 5) is 2.68. The molecule has 0 spiro atoms. The van der Waals surface area contributed by atoms with E-state index in [0.717, 1.165) is 30.2 Å². The number of fused-ring (bicyclic) bond motifs is 2. The lowest BCUT2D eigenvalue weighted by atomic mass is 10.1. The minimum absolute atomic E-state index is 0.720. The summed E-state index contributed by atoms with van der Waals surface area (Å²) < 4.78 is 0. The van der Waals surface area contributed by atoms with Gasteiger partial charge in [-0.3, -0.25) is 4.90 Å². The van der Waals surface area contributed by atoms with E-state index in [9.17, 15) is 0 Å². The van der Waals surface area contributed by atoms with Gasteiger partial charge in [-0.1, -0.05) is 23.7 Å². The SMILES string of the molecule is Cc1ccc(CN2C3CCNCC2CC3)cc1Cl. The average molecular weight is 265 g/mol. The second kappa shape index (κ2) is 5.20. The van der Waals surface area contributed by atoms with Crippen LogP contribution in [0, 0.1) is 6.92 Å². The molecule has 0 amide bonds. The maximum absolute atomic E-state index is 6.22. The van der Waals surface area contributed by atoms with E-state index >= 15 is 0 Å². The minimum Gasteiger partial charge on any atom is -0.315 e. The van der Waals surface area contributed by atoms with Gasteiger partial charge in [-0.05, 0) is 49.9 Å². The molecular weight excluding hydrogens is 244 g/mol. The fourth-order valence-corrected chi connectivity index (χ4v) is 3.49. The first kappa shape index (κ1) is 12.5. The molecule has 2 saturated heterocycles. The molecule has 2 atom stereocenters. The third kappa shape index (κ3) is 2.42. The van der Waals surface area contributed by atoms with E-state index in [-0.39, 0.29) is 0 Å². The van der Waals surface area contributed by atoms with Crippen molar-refractivity contribution in [2.45, 2.75) is 44.8 Å². The lowest BCUT2D eigenvalue weighted by Gasteiger charge is -2.27. The van der Waals surface area contributed by atoms with Gasteiger partial charge in [0.25, 0.3) is 0 Å². The summed E-state index contributed by atoms with van der Waals surface area (Å²) in [5, 5.41) is 4.44. The van der Waals surface area contributed by atoms with Gasteiger partial charge in [-0.2, -0.15) is 0 Å². The highest BCUT2D eigenvalue weighted by Gasteiger charge is 2.34. The van der Waals surface area contributed by atoms with Crippen LogP contribution >= 0.6 is 11.6 Å². The van der Waals surface area contributed by atoms with Crippen LogP contribution in [0.4, 0.5) is 0 Å². The van der Waals surface area contributed by atoms with Crippen LogP contribution in [0.2, 0.25) is 5.02 Å². The van der Waals surface area contributed by atoms with Gasteiger partial charge >= 0.3 is 0 Å². The Hall–Kier alpha value is -0.570. The number of nitrogens with zero attached hydrogens (tertiary/aromatic N) is 1. The van der Waals surface area contributed by atoms with Gasteiger partial charge in [0.1, 0.15) is 0 Å². The van der Waals surface area contributed by atoms with Gasteiger partial charge in [-0.15, -0.1) is 0 Å². The van der Waals surface area contributed by atoms with E-state index in [4.69, 9.17) is 11.6 Å². The molecule has 2 bridgehead atoms. The van der Waals surface area contributed by atoms with Crippen LogP contribution in [-0.2, 0) is 6.54 Å². The molecule has 2 heterocycles. The summed E-state index contributed by atoms with van der Waals surface area (Å²) in [7, 11) is 0. The molecule has 3 heteroatoms. The molecule has 2 aliphatic rings. The van der Waals surface area contributed by atoms with Crippen molar-refractivity contribution in [3.8, 4) is 0 Å². The zero-order valence-corrected chi connectivity index (χ0v) is 11.7. The third-order valence-electron chi connectivity index (χ3n) is 4.41. The Morgan fingerprint density at radius 3 is 2.94 bits per heavy atom. The van der Waals surface area contributed by atoms with Gasteiger partial charge in [0.05, 0.1) is 0 Å². The Morgan fingerprint density at radius 1 is 1.28 bits per heavy atom. The second-order valence-corrected chi connectivity index (χ2v) is 6.04. The van der Waals surface area contributed by atoms with Gasteiger partial charge in [0.15, 0.2) is 0 Å². The molecular formula is C15H21ClN2. The van der Waals surface area contributed by atoms with Gasteiger partial charge in [0, 0.05) is 30.2 Å². The molecule has 2 unspecified atom stereocenters. The van der Waals surface area contributed by atoms with E-state index in [2.05, 4.69) is 35.3 Å². The number of hydrogen-bond donors (Lipinski definition) is 1. The highest BCUT2D eigenvalue weighted by molar-refractivity contribution is 6.31. The summed E-state index contributed by atoms with van der Waals surface area (Å²) in [5.41, 5.74) is 2.52. The van der Waals surface area contributed by atoms with Gasteiger partial charge < -0.3 is 5.32 Å². The quantitative estimate of drug-likeness (QED) is 0.884. The van der Waals surface area contributed by atoms with Crippen molar-refractivity contribution >= 4 is 11.6 Å². The van der Waals surface area contributed by atoms with Crippen LogP contribution < -0.4 is 5.32 Å². The summed E-state index contributed by atoms with van der Waals surface area (Å²) in [6, 6.07) is 7.98. The molecule has 18 heavy (non-hydrogen) atoms. The van der Waals surface area contributed by atoms with Gasteiger partial charge in [-0.25, -0.2) is 0 Å². The molecule has 1 N–H and O–H groups in total. The summed E-state index contributed by atoms with van der Waals surface area (Å²) >= 11 is 6.22. The molecule has 2 fully saturated rings. The molecule has 1 aromatic rings. The first-order valence-corrected chi connectivity index (χ1v) is 7.33. The fourth-order valence-electron chi connectivity index (χ4n) is 3.29. The molecule has 0 radical (unpaired) electrons. The number of hydrogen-bond acceptors (Lipinski definition) is 2. The van der Waals surface area contributed by atoms with Crippen molar-refractivity contribution in [3.05, 3.63) is 34.3 Å². The molecule has 1 aromatic carbocycles. The van der Waals surface area contributed by atoms with E-state index in [1.165, 1.54) is 36.9 Å². The average Bonchev–Trinajstić information content (AvgIpc) is 2.58. The first-order chi connectivity index (χ1) is 8.74. The molecule has 3 rings (SSSR count). The number of nitrogens with one attached hydrogen (secondary N) is 1. The van der Waals surface area contributed by atoms with Crippen molar-refractivity contribution in [1.29, 1.82) is 0 Å². The van der Waals surface area contributed by atoms with Crippen LogP contribution in [0.3, 0.4) is 0 Å². The molecule has 2 aliphatic heterocycles. The minimum atomic E-state index is 0.720. The van der Waals surface area contributed by atoms with E-state index < -0.39 is 0 Å². The van der Waals surface area contributed by atoms with E-state index in [0.29, 0.717) is 0 Å². The van der Waals surface area contributed by atoms with Crippen molar-refractivity contribution in [3.63, 3.8) is 0 Å². The lowest BCUT2D eigenvalue weighted by Crippen LogP contribution is -2.37. The largest absolute Gasteiger partial charge is 0.315 e. The molecule has 98 valence electrons. The topological polar surface area (TPSA) is 15.3 Å². The van der Waals surface area contributed by atoms with Crippen LogP contribution in [0.1, 0.15) is 30.4 Å².